The van der Waals surface area contributed by atoms with Gasteiger partial charge in [-0.1, -0.05) is 11.2 Å². The fraction of sp³-hybridized carbons (Fsp3) is 0.286. The number of aliphatic hydroxyl groups is 1. The van der Waals surface area contributed by atoms with Crippen LogP contribution in [0.4, 0.5) is 13.2 Å². The molecule has 82 valence electrons. The Labute approximate surface area is 82.1 Å². The minimum Gasteiger partial charge on any atom is -0.334 e. The van der Waals surface area contributed by atoms with Crippen LogP contribution in [0.1, 0.15) is 0 Å². The minimum absolute atomic E-state index is 0.117. The Morgan fingerprint density at radius 1 is 1.47 bits per heavy atom. The van der Waals surface area contributed by atoms with Gasteiger partial charge in [0.1, 0.15) is 0 Å². The number of oxime groups is 1. The van der Waals surface area contributed by atoms with Crippen LogP contribution in [0.2, 0.25) is 0 Å². The SMILES string of the molecule is O[C@@]1(C(F)(F)F)NN2C=CC=CC2=NO1. The molecule has 0 saturated heterocycles. The molecule has 2 heterocycles. The Bertz CT molecular complexity index is 363. The summed E-state index contributed by atoms with van der Waals surface area (Å²) in [6.07, 6.45) is 0.754. The molecule has 0 aromatic rings. The van der Waals surface area contributed by atoms with Gasteiger partial charge >= 0.3 is 12.1 Å². The molecule has 0 saturated carbocycles. The van der Waals surface area contributed by atoms with Crippen LogP contribution in [-0.2, 0) is 4.84 Å². The summed E-state index contributed by atoms with van der Waals surface area (Å²) in [7, 11) is 0. The van der Waals surface area contributed by atoms with Gasteiger partial charge in [0.15, 0.2) is 5.84 Å². The van der Waals surface area contributed by atoms with E-state index in [4.69, 9.17) is 5.11 Å². The lowest BCUT2D eigenvalue weighted by atomic mass is 10.3. The summed E-state index contributed by atoms with van der Waals surface area (Å²) < 4.78 is 36.9. The molecule has 0 aromatic heterocycles. The highest BCUT2D eigenvalue weighted by molar-refractivity contribution is 5.94. The predicted octanol–water partition coefficient (Wildman–Crippen LogP) is 0.429. The molecule has 2 aliphatic rings. The van der Waals surface area contributed by atoms with Gasteiger partial charge < -0.3 is 9.94 Å². The number of alkyl halides is 3. The summed E-state index contributed by atoms with van der Waals surface area (Å²) in [6.45, 7) is 0. The highest BCUT2D eigenvalue weighted by Crippen LogP contribution is 2.31. The molecule has 2 N–H and O–H groups in total. The van der Waals surface area contributed by atoms with Crippen LogP contribution < -0.4 is 5.43 Å². The molecule has 0 unspecified atom stereocenters. The number of rotatable bonds is 0. The lowest BCUT2D eigenvalue weighted by molar-refractivity contribution is -0.395. The van der Waals surface area contributed by atoms with Crippen molar-refractivity contribution < 1.29 is 23.1 Å². The average Bonchev–Trinajstić information content (AvgIpc) is 2.16. The first-order valence-corrected chi connectivity index (χ1v) is 3.89. The number of hydrogen-bond acceptors (Lipinski definition) is 5. The van der Waals surface area contributed by atoms with Crippen molar-refractivity contribution in [2.45, 2.75) is 12.1 Å². The first-order valence-electron chi connectivity index (χ1n) is 3.89. The number of amidine groups is 1. The van der Waals surface area contributed by atoms with Gasteiger partial charge in [-0.25, -0.2) is 0 Å². The zero-order chi connectivity index (χ0) is 11.1. The van der Waals surface area contributed by atoms with Crippen molar-refractivity contribution in [2.24, 2.45) is 5.16 Å². The fourth-order valence-electron chi connectivity index (χ4n) is 1.01. The number of allylic oxidation sites excluding steroid dienone is 2. The third-order valence-corrected chi connectivity index (χ3v) is 1.77. The molecule has 2 aliphatic heterocycles. The maximum atomic E-state index is 12.3. The Hall–Kier alpha value is -1.54. The second kappa shape index (κ2) is 2.97. The Kier molecular flexibility index (Phi) is 1.98. The van der Waals surface area contributed by atoms with E-state index in [9.17, 15) is 13.2 Å². The number of hydrogen-bond donors (Lipinski definition) is 2. The van der Waals surface area contributed by atoms with Gasteiger partial charge in [0.2, 0.25) is 0 Å². The molecule has 0 spiro atoms. The maximum absolute atomic E-state index is 12.3. The van der Waals surface area contributed by atoms with Gasteiger partial charge in [-0.2, -0.15) is 18.6 Å². The van der Waals surface area contributed by atoms with E-state index < -0.39 is 12.1 Å². The normalized spacial score (nSPS) is 29.6. The van der Waals surface area contributed by atoms with E-state index >= 15 is 0 Å². The molecule has 0 radical (unpaired) electrons. The van der Waals surface area contributed by atoms with Crippen LogP contribution in [0.3, 0.4) is 0 Å². The number of fused-ring (bicyclic) bond motifs is 1. The predicted molar refractivity (Wildman–Crippen MR) is 42.8 cm³/mol. The fourth-order valence-corrected chi connectivity index (χ4v) is 1.01. The molecule has 0 aliphatic carbocycles. The third kappa shape index (κ3) is 1.57. The van der Waals surface area contributed by atoms with Crippen molar-refractivity contribution in [3.63, 3.8) is 0 Å². The van der Waals surface area contributed by atoms with E-state index in [-0.39, 0.29) is 5.84 Å². The van der Waals surface area contributed by atoms with Crippen molar-refractivity contribution in [2.75, 3.05) is 0 Å². The molecule has 0 aromatic carbocycles. The molecule has 15 heavy (non-hydrogen) atoms. The first-order chi connectivity index (χ1) is 6.92. The highest BCUT2D eigenvalue weighted by atomic mass is 19.4. The van der Waals surface area contributed by atoms with Crippen molar-refractivity contribution in [3.8, 4) is 0 Å². The lowest BCUT2D eigenvalue weighted by Gasteiger charge is -2.37. The number of halogens is 3. The second-order valence-electron chi connectivity index (χ2n) is 2.86. The van der Waals surface area contributed by atoms with Crippen LogP contribution in [0.25, 0.3) is 0 Å². The molecule has 0 bridgehead atoms. The molecular formula is C7H6F3N3O2. The smallest absolute Gasteiger partial charge is 0.334 e. The van der Waals surface area contributed by atoms with E-state index in [0.717, 1.165) is 5.01 Å². The number of nitrogens with zero attached hydrogens (tertiary/aromatic N) is 2. The van der Waals surface area contributed by atoms with Gasteiger partial charge in [0.25, 0.3) is 0 Å². The highest BCUT2D eigenvalue weighted by Gasteiger charge is 2.60. The molecule has 2 rings (SSSR count). The minimum atomic E-state index is -4.99. The zero-order valence-electron chi connectivity index (χ0n) is 7.19. The monoisotopic (exact) mass is 221 g/mol. The van der Waals surface area contributed by atoms with Crippen LogP contribution >= 0.6 is 0 Å². The summed E-state index contributed by atoms with van der Waals surface area (Å²) in [5.74, 6) is -3.38. The number of nitrogens with one attached hydrogen (secondary N) is 1. The van der Waals surface area contributed by atoms with Crippen LogP contribution in [-0.4, -0.2) is 28.0 Å². The summed E-state index contributed by atoms with van der Waals surface area (Å²) in [4.78, 5) is 3.98. The van der Waals surface area contributed by atoms with Crippen LogP contribution in [0, 0.1) is 0 Å². The van der Waals surface area contributed by atoms with Crippen molar-refractivity contribution in [1.82, 2.24) is 10.4 Å². The average molecular weight is 221 g/mol. The quantitative estimate of drug-likeness (QED) is 0.622. The zero-order valence-corrected chi connectivity index (χ0v) is 7.19. The van der Waals surface area contributed by atoms with E-state index in [1.807, 2.05) is 0 Å². The Morgan fingerprint density at radius 3 is 2.87 bits per heavy atom. The topological polar surface area (TPSA) is 57.1 Å². The van der Waals surface area contributed by atoms with E-state index in [2.05, 4.69) is 9.99 Å². The third-order valence-electron chi connectivity index (χ3n) is 1.77. The lowest BCUT2D eigenvalue weighted by Crippen LogP contribution is -2.65. The van der Waals surface area contributed by atoms with Crippen LogP contribution in [0.5, 0.6) is 0 Å². The summed E-state index contributed by atoms with van der Waals surface area (Å²) >= 11 is 0. The largest absolute Gasteiger partial charge is 0.476 e. The number of hydrazine groups is 1. The van der Waals surface area contributed by atoms with Crippen molar-refractivity contribution >= 4 is 5.84 Å². The maximum Gasteiger partial charge on any atom is 0.476 e. The van der Waals surface area contributed by atoms with E-state index in [0.29, 0.717) is 0 Å². The van der Waals surface area contributed by atoms with E-state index in [1.165, 1.54) is 18.4 Å². The molecule has 0 amide bonds. The standard InChI is InChI=1S/C7H6F3N3O2/c8-6(9,10)7(14)12-13-4-2-1-3-5(13)11-15-7/h1-4,12,14H/t7-/m1/s1. The van der Waals surface area contributed by atoms with Gasteiger partial charge in [-0.15, -0.1) is 0 Å². The first kappa shape index (κ1) is 9.99. The van der Waals surface area contributed by atoms with Gasteiger partial charge in [-0.3, -0.25) is 5.01 Å². The summed E-state index contributed by atoms with van der Waals surface area (Å²) in [5.41, 5.74) is 1.74. The van der Waals surface area contributed by atoms with Gasteiger partial charge in [0, 0.05) is 6.20 Å². The Balaban J connectivity index is 2.27. The van der Waals surface area contributed by atoms with E-state index in [1.54, 1.807) is 11.5 Å². The van der Waals surface area contributed by atoms with Crippen molar-refractivity contribution in [3.05, 3.63) is 24.4 Å². The summed E-state index contributed by atoms with van der Waals surface area (Å²) in [6, 6.07) is 0. The molecular weight excluding hydrogens is 215 g/mol. The summed E-state index contributed by atoms with van der Waals surface area (Å²) in [5, 5.41) is 13.1. The Morgan fingerprint density at radius 2 is 2.20 bits per heavy atom. The van der Waals surface area contributed by atoms with Crippen LogP contribution in [0.15, 0.2) is 29.6 Å². The van der Waals surface area contributed by atoms with Gasteiger partial charge in [0.05, 0.1) is 0 Å². The van der Waals surface area contributed by atoms with Crippen molar-refractivity contribution in [1.29, 1.82) is 0 Å². The molecule has 0 fully saturated rings. The second-order valence-corrected chi connectivity index (χ2v) is 2.86. The molecule has 1 atom stereocenters. The van der Waals surface area contributed by atoms with Gasteiger partial charge in [-0.05, 0) is 12.2 Å². The molecule has 8 heteroatoms. The molecule has 5 nitrogen and oxygen atoms in total.